The van der Waals surface area contributed by atoms with Gasteiger partial charge in [-0.2, -0.15) is 0 Å². The van der Waals surface area contributed by atoms with E-state index in [9.17, 15) is 0 Å². The van der Waals surface area contributed by atoms with Crippen molar-refractivity contribution in [2.75, 3.05) is 6.54 Å². The molecule has 2 rings (SSSR count). The molecule has 0 radical (unpaired) electrons. The molecule has 1 nitrogen and oxygen atoms in total. The van der Waals surface area contributed by atoms with E-state index in [4.69, 9.17) is 0 Å². The van der Waals surface area contributed by atoms with Crippen LogP contribution >= 0.6 is 0 Å². The van der Waals surface area contributed by atoms with E-state index >= 15 is 0 Å². The van der Waals surface area contributed by atoms with Crippen LogP contribution in [0.3, 0.4) is 0 Å². The van der Waals surface area contributed by atoms with E-state index in [1.165, 1.54) is 36.8 Å². The quantitative estimate of drug-likeness (QED) is 0.829. The minimum Gasteiger partial charge on any atom is -0.307 e. The van der Waals surface area contributed by atoms with Crippen LogP contribution in [0.25, 0.3) is 0 Å². The zero-order valence-corrected chi connectivity index (χ0v) is 11.4. The molecular formula is C16H25N. The molecule has 0 saturated carbocycles. The molecule has 0 spiro atoms. The van der Waals surface area contributed by atoms with Gasteiger partial charge in [-0.15, -0.1) is 0 Å². The zero-order valence-electron chi connectivity index (χ0n) is 11.4. The first-order valence-corrected chi connectivity index (χ1v) is 7.03. The van der Waals surface area contributed by atoms with Gasteiger partial charge in [-0.3, -0.25) is 0 Å². The molecule has 0 aliphatic carbocycles. The number of rotatable bonds is 4. The second-order valence-corrected chi connectivity index (χ2v) is 5.61. The lowest BCUT2D eigenvalue weighted by Gasteiger charge is -2.35. The lowest BCUT2D eigenvalue weighted by molar-refractivity contribution is 0.277. The number of nitrogens with one attached hydrogen (secondary N) is 1. The Hall–Kier alpha value is -0.820. The van der Waals surface area contributed by atoms with Crippen LogP contribution in [-0.4, -0.2) is 6.54 Å². The first-order chi connectivity index (χ1) is 8.19. The number of aryl methyl sites for hydroxylation is 1. The van der Waals surface area contributed by atoms with Gasteiger partial charge >= 0.3 is 0 Å². The van der Waals surface area contributed by atoms with Crippen molar-refractivity contribution >= 4 is 0 Å². The fourth-order valence-corrected chi connectivity index (χ4v) is 3.13. The Morgan fingerprint density at radius 1 is 1.35 bits per heavy atom. The maximum atomic E-state index is 3.76. The fourth-order valence-electron chi connectivity index (χ4n) is 3.13. The lowest BCUT2D eigenvalue weighted by Crippen LogP contribution is -2.41. The Kier molecular flexibility index (Phi) is 3.88. The van der Waals surface area contributed by atoms with E-state index in [2.05, 4.69) is 50.4 Å². The highest BCUT2D eigenvalue weighted by molar-refractivity contribution is 5.31. The molecule has 1 aliphatic heterocycles. The molecule has 1 N–H and O–H groups in total. The van der Waals surface area contributed by atoms with E-state index in [0.717, 1.165) is 6.54 Å². The summed E-state index contributed by atoms with van der Waals surface area (Å²) in [6, 6.07) is 9.21. The van der Waals surface area contributed by atoms with Crippen molar-refractivity contribution in [1.82, 2.24) is 5.32 Å². The minimum absolute atomic E-state index is 0.226. The van der Waals surface area contributed by atoms with Gasteiger partial charge in [-0.1, -0.05) is 51.5 Å². The molecule has 1 aliphatic rings. The first kappa shape index (κ1) is 12.6. The summed E-state index contributed by atoms with van der Waals surface area (Å²) < 4.78 is 0. The van der Waals surface area contributed by atoms with E-state index in [-0.39, 0.29) is 5.54 Å². The third-order valence-electron chi connectivity index (χ3n) is 4.15. The van der Waals surface area contributed by atoms with Crippen LogP contribution in [0.1, 0.15) is 51.2 Å². The summed E-state index contributed by atoms with van der Waals surface area (Å²) in [5.41, 5.74) is 3.21. The van der Waals surface area contributed by atoms with Gasteiger partial charge in [0.05, 0.1) is 0 Å². The smallest absolute Gasteiger partial charge is 0.0458 e. The minimum atomic E-state index is 0.226. The van der Waals surface area contributed by atoms with Crippen molar-refractivity contribution < 1.29 is 0 Å². The second-order valence-electron chi connectivity index (χ2n) is 5.61. The van der Waals surface area contributed by atoms with Crippen molar-refractivity contribution in [2.45, 2.75) is 52.0 Å². The molecule has 94 valence electrons. The van der Waals surface area contributed by atoms with Crippen molar-refractivity contribution in [2.24, 2.45) is 5.92 Å². The van der Waals surface area contributed by atoms with Gasteiger partial charge in [0.15, 0.2) is 0 Å². The first-order valence-electron chi connectivity index (χ1n) is 7.03. The van der Waals surface area contributed by atoms with Gasteiger partial charge < -0.3 is 5.32 Å². The van der Waals surface area contributed by atoms with Crippen molar-refractivity contribution in [3.05, 3.63) is 35.4 Å². The molecule has 1 aromatic carbocycles. The summed E-state index contributed by atoms with van der Waals surface area (Å²) >= 11 is 0. The number of hydrogen-bond donors (Lipinski definition) is 1. The summed E-state index contributed by atoms with van der Waals surface area (Å²) in [5, 5.41) is 3.76. The van der Waals surface area contributed by atoms with E-state index < -0.39 is 0 Å². The maximum Gasteiger partial charge on any atom is 0.0458 e. The lowest BCUT2D eigenvalue weighted by atomic mass is 9.78. The Morgan fingerprint density at radius 3 is 2.76 bits per heavy atom. The largest absolute Gasteiger partial charge is 0.307 e. The molecule has 1 unspecified atom stereocenters. The molecular weight excluding hydrogens is 206 g/mol. The van der Waals surface area contributed by atoms with Gasteiger partial charge in [0.1, 0.15) is 0 Å². The van der Waals surface area contributed by atoms with Crippen LogP contribution in [0.2, 0.25) is 0 Å². The Bertz CT molecular complexity index is 362. The standard InChI is InChI=1S/C16H25N/c1-4-7-14-8-5-9-15(12-14)16(13(2)3)10-6-11-17-16/h5,8-9,12-13,17H,4,6-7,10-11H2,1-3H3. The van der Waals surface area contributed by atoms with E-state index in [0.29, 0.717) is 5.92 Å². The Balaban J connectivity index is 2.33. The van der Waals surface area contributed by atoms with Crippen molar-refractivity contribution in [3.63, 3.8) is 0 Å². The van der Waals surface area contributed by atoms with Crippen LogP contribution in [0.5, 0.6) is 0 Å². The highest BCUT2D eigenvalue weighted by atomic mass is 15.0. The van der Waals surface area contributed by atoms with Gasteiger partial charge in [0, 0.05) is 5.54 Å². The molecule has 0 bridgehead atoms. The van der Waals surface area contributed by atoms with E-state index in [1.807, 2.05) is 0 Å². The number of benzene rings is 1. The Labute approximate surface area is 106 Å². The Morgan fingerprint density at radius 2 is 2.18 bits per heavy atom. The van der Waals surface area contributed by atoms with Gasteiger partial charge in [0.25, 0.3) is 0 Å². The van der Waals surface area contributed by atoms with Gasteiger partial charge in [-0.05, 0) is 42.9 Å². The summed E-state index contributed by atoms with van der Waals surface area (Å²) in [6.45, 7) is 8.09. The summed E-state index contributed by atoms with van der Waals surface area (Å²) in [4.78, 5) is 0. The average Bonchev–Trinajstić information content (AvgIpc) is 2.80. The monoisotopic (exact) mass is 231 g/mol. The highest BCUT2D eigenvalue weighted by Gasteiger charge is 2.38. The molecule has 1 fully saturated rings. The van der Waals surface area contributed by atoms with Crippen molar-refractivity contribution in [1.29, 1.82) is 0 Å². The van der Waals surface area contributed by atoms with E-state index in [1.54, 1.807) is 0 Å². The van der Waals surface area contributed by atoms with Gasteiger partial charge in [0.2, 0.25) is 0 Å². The SMILES string of the molecule is CCCc1cccc(C2(C(C)C)CCCN2)c1. The molecule has 1 atom stereocenters. The summed E-state index contributed by atoms with van der Waals surface area (Å²) in [5.74, 6) is 0.655. The van der Waals surface area contributed by atoms with Crippen molar-refractivity contribution in [3.8, 4) is 0 Å². The summed E-state index contributed by atoms with van der Waals surface area (Å²) in [6.07, 6.45) is 5.00. The third kappa shape index (κ3) is 2.40. The fraction of sp³-hybridized carbons (Fsp3) is 0.625. The van der Waals surface area contributed by atoms with Crippen LogP contribution in [0.15, 0.2) is 24.3 Å². The van der Waals surface area contributed by atoms with Crippen LogP contribution in [-0.2, 0) is 12.0 Å². The third-order valence-corrected chi connectivity index (χ3v) is 4.15. The predicted molar refractivity (Wildman–Crippen MR) is 74.2 cm³/mol. The molecule has 1 saturated heterocycles. The van der Waals surface area contributed by atoms with Gasteiger partial charge in [-0.25, -0.2) is 0 Å². The maximum absolute atomic E-state index is 3.76. The normalized spacial score (nSPS) is 24.5. The molecule has 17 heavy (non-hydrogen) atoms. The molecule has 1 aromatic rings. The molecule has 0 aromatic heterocycles. The average molecular weight is 231 g/mol. The molecule has 0 amide bonds. The van der Waals surface area contributed by atoms with Crippen LogP contribution in [0, 0.1) is 5.92 Å². The summed E-state index contributed by atoms with van der Waals surface area (Å²) in [7, 11) is 0. The van der Waals surface area contributed by atoms with Crippen LogP contribution in [0.4, 0.5) is 0 Å². The highest BCUT2D eigenvalue weighted by Crippen LogP contribution is 2.37. The molecule has 1 heterocycles. The topological polar surface area (TPSA) is 12.0 Å². The molecule has 1 heteroatoms. The zero-order chi connectivity index (χ0) is 12.3. The number of hydrogen-bond acceptors (Lipinski definition) is 1. The van der Waals surface area contributed by atoms with Crippen LogP contribution < -0.4 is 5.32 Å². The predicted octanol–water partition coefficient (Wildman–Crippen LogP) is 3.87. The second kappa shape index (κ2) is 5.22.